The number of thiazole rings is 1. The normalized spacial score (nSPS) is 10.3. The summed E-state index contributed by atoms with van der Waals surface area (Å²) in [4.78, 5) is 16.7. The summed E-state index contributed by atoms with van der Waals surface area (Å²) >= 11 is 1.54. The molecule has 0 bridgehead atoms. The highest BCUT2D eigenvalue weighted by Crippen LogP contribution is 2.27. The number of hydrogen-bond acceptors (Lipinski definition) is 4. The van der Waals surface area contributed by atoms with Gasteiger partial charge in [0.15, 0.2) is 5.13 Å². The Morgan fingerprint density at radius 2 is 2.17 bits per heavy atom. The van der Waals surface area contributed by atoms with Crippen molar-refractivity contribution in [3.05, 3.63) is 40.4 Å². The number of aromatic nitrogens is 1. The van der Waals surface area contributed by atoms with E-state index in [2.05, 4.69) is 17.2 Å². The van der Waals surface area contributed by atoms with Crippen LogP contribution in [0.2, 0.25) is 0 Å². The monoisotopic (exact) mass is 262 g/mol. The molecule has 0 amide bonds. The second kappa shape index (κ2) is 5.18. The third kappa shape index (κ3) is 2.51. The summed E-state index contributed by atoms with van der Waals surface area (Å²) in [5.41, 5.74) is 1.88. The van der Waals surface area contributed by atoms with Crippen molar-refractivity contribution in [1.29, 1.82) is 0 Å². The van der Waals surface area contributed by atoms with Gasteiger partial charge < -0.3 is 10.4 Å². The number of nitrogens with zero attached hydrogens (tertiary/aromatic N) is 1. The molecule has 2 rings (SSSR count). The molecule has 1 heterocycles. The van der Waals surface area contributed by atoms with Gasteiger partial charge in [-0.15, -0.1) is 11.3 Å². The number of rotatable bonds is 4. The van der Waals surface area contributed by atoms with Gasteiger partial charge in [0.05, 0.1) is 16.9 Å². The van der Waals surface area contributed by atoms with E-state index < -0.39 is 5.97 Å². The maximum Gasteiger partial charge on any atom is 0.337 e. The minimum absolute atomic E-state index is 0.253. The number of carboxylic acid groups (broad SMARTS) is 1. The molecule has 0 saturated heterocycles. The molecule has 0 atom stereocenters. The highest BCUT2D eigenvalue weighted by molar-refractivity contribution is 7.15. The van der Waals surface area contributed by atoms with Crippen LogP contribution < -0.4 is 5.32 Å². The van der Waals surface area contributed by atoms with E-state index in [0.29, 0.717) is 5.69 Å². The fraction of sp³-hybridized carbons (Fsp3) is 0.231. The summed E-state index contributed by atoms with van der Waals surface area (Å²) < 4.78 is 0. The van der Waals surface area contributed by atoms with E-state index in [9.17, 15) is 4.79 Å². The summed E-state index contributed by atoms with van der Waals surface area (Å²) in [5, 5.41) is 12.9. The Bertz CT molecular complexity index is 578. The number of para-hydroxylation sites is 1. The maximum atomic E-state index is 11.1. The lowest BCUT2D eigenvalue weighted by Gasteiger charge is -2.05. The fourth-order valence-electron chi connectivity index (χ4n) is 1.70. The minimum atomic E-state index is -0.943. The zero-order chi connectivity index (χ0) is 13.1. The van der Waals surface area contributed by atoms with Crippen LogP contribution in [0.4, 0.5) is 10.8 Å². The van der Waals surface area contributed by atoms with Gasteiger partial charge in [0, 0.05) is 4.88 Å². The average molecular weight is 262 g/mol. The highest BCUT2D eigenvalue weighted by atomic mass is 32.1. The standard InChI is InChI=1S/C13H14N2O2S/c1-3-10-8(2)18-13(14-10)15-11-7-5-4-6-9(11)12(16)17/h4-7H,3H2,1-2H3,(H,14,15)(H,16,17). The molecular weight excluding hydrogens is 248 g/mol. The quantitative estimate of drug-likeness (QED) is 0.885. The smallest absolute Gasteiger partial charge is 0.337 e. The molecule has 2 N–H and O–H groups in total. The number of nitrogens with one attached hydrogen (secondary N) is 1. The first-order valence-electron chi connectivity index (χ1n) is 5.67. The number of carboxylic acids is 1. The molecule has 1 aromatic carbocycles. The number of aromatic carboxylic acids is 1. The van der Waals surface area contributed by atoms with Gasteiger partial charge in [-0.2, -0.15) is 0 Å². The predicted octanol–water partition coefficient (Wildman–Crippen LogP) is 3.46. The highest BCUT2D eigenvalue weighted by Gasteiger charge is 2.11. The van der Waals surface area contributed by atoms with E-state index >= 15 is 0 Å². The van der Waals surface area contributed by atoms with Crippen LogP contribution in [0.15, 0.2) is 24.3 Å². The van der Waals surface area contributed by atoms with Crippen molar-refractivity contribution in [2.75, 3.05) is 5.32 Å². The fourth-order valence-corrected chi connectivity index (χ4v) is 2.62. The number of benzene rings is 1. The molecule has 0 unspecified atom stereocenters. The number of anilines is 2. The molecule has 0 aliphatic heterocycles. The van der Waals surface area contributed by atoms with Crippen LogP contribution in [0.25, 0.3) is 0 Å². The Labute approximate surface area is 109 Å². The summed E-state index contributed by atoms with van der Waals surface area (Å²) in [6.45, 7) is 4.07. The number of hydrogen-bond donors (Lipinski definition) is 2. The maximum absolute atomic E-state index is 11.1. The van der Waals surface area contributed by atoms with E-state index in [-0.39, 0.29) is 5.56 Å². The van der Waals surface area contributed by atoms with Crippen molar-refractivity contribution in [2.24, 2.45) is 0 Å². The Hall–Kier alpha value is -1.88. The molecule has 0 aliphatic rings. The van der Waals surface area contributed by atoms with Gasteiger partial charge in [-0.05, 0) is 25.5 Å². The largest absolute Gasteiger partial charge is 0.478 e. The number of aryl methyl sites for hydroxylation is 2. The van der Waals surface area contributed by atoms with E-state index in [0.717, 1.165) is 22.1 Å². The summed E-state index contributed by atoms with van der Waals surface area (Å²) in [6.07, 6.45) is 0.880. The van der Waals surface area contributed by atoms with Gasteiger partial charge >= 0.3 is 5.97 Å². The lowest BCUT2D eigenvalue weighted by Crippen LogP contribution is -2.02. The van der Waals surface area contributed by atoms with E-state index in [4.69, 9.17) is 5.11 Å². The molecule has 2 aromatic rings. The first kappa shape index (κ1) is 12.6. The van der Waals surface area contributed by atoms with Crippen LogP contribution in [0.3, 0.4) is 0 Å². The second-order valence-electron chi connectivity index (χ2n) is 3.85. The molecular formula is C13H14N2O2S. The molecule has 4 nitrogen and oxygen atoms in total. The van der Waals surface area contributed by atoms with Gasteiger partial charge in [-0.3, -0.25) is 0 Å². The molecule has 0 aliphatic carbocycles. The lowest BCUT2D eigenvalue weighted by molar-refractivity contribution is 0.0698. The average Bonchev–Trinajstić information content (AvgIpc) is 2.70. The van der Waals surface area contributed by atoms with Crippen molar-refractivity contribution >= 4 is 28.1 Å². The van der Waals surface area contributed by atoms with Crippen LogP contribution in [0.5, 0.6) is 0 Å². The van der Waals surface area contributed by atoms with Crippen molar-refractivity contribution < 1.29 is 9.90 Å². The van der Waals surface area contributed by atoms with Gasteiger partial charge in [0.1, 0.15) is 0 Å². The van der Waals surface area contributed by atoms with E-state index in [1.807, 2.05) is 6.92 Å². The first-order chi connectivity index (χ1) is 8.61. The molecule has 5 heteroatoms. The topological polar surface area (TPSA) is 62.2 Å². The zero-order valence-electron chi connectivity index (χ0n) is 10.2. The molecule has 18 heavy (non-hydrogen) atoms. The van der Waals surface area contributed by atoms with Gasteiger partial charge in [-0.25, -0.2) is 9.78 Å². The van der Waals surface area contributed by atoms with Gasteiger partial charge in [0.25, 0.3) is 0 Å². The zero-order valence-corrected chi connectivity index (χ0v) is 11.0. The Morgan fingerprint density at radius 3 is 2.78 bits per heavy atom. The SMILES string of the molecule is CCc1nc(Nc2ccccc2C(=O)O)sc1C. The van der Waals surface area contributed by atoms with Gasteiger partial charge in [0.2, 0.25) is 0 Å². The molecule has 0 fully saturated rings. The van der Waals surface area contributed by atoms with Crippen LogP contribution in [-0.2, 0) is 6.42 Å². The molecule has 0 spiro atoms. The van der Waals surface area contributed by atoms with Crippen molar-refractivity contribution in [3.8, 4) is 0 Å². The van der Waals surface area contributed by atoms with Crippen LogP contribution in [0, 0.1) is 6.92 Å². The minimum Gasteiger partial charge on any atom is -0.478 e. The third-order valence-electron chi connectivity index (χ3n) is 2.63. The Kier molecular flexibility index (Phi) is 3.62. The van der Waals surface area contributed by atoms with Crippen LogP contribution in [-0.4, -0.2) is 16.1 Å². The Balaban J connectivity index is 2.31. The summed E-state index contributed by atoms with van der Waals surface area (Å²) in [5.74, 6) is -0.943. The Morgan fingerprint density at radius 1 is 1.44 bits per heavy atom. The van der Waals surface area contributed by atoms with Crippen molar-refractivity contribution in [3.63, 3.8) is 0 Å². The van der Waals surface area contributed by atoms with Crippen LogP contribution in [0.1, 0.15) is 27.9 Å². The van der Waals surface area contributed by atoms with E-state index in [1.165, 1.54) is 11.3 Å². The predicted molar refractivity (Wildman–Crippen MR) is 72.9 cm³/mol. The summed E-state index contributed by atoms with van der Waals surface area (Å²) in [6, 6.07) is 6.83. The molecule has 0 saturated carbocycles. The van der Waals surface area contributed by atoms with Crippen molar-refractivity contribution in [2.45, 2.75) is 20.3 Å². The first-order valence-corrected chi connectivity index (χ1v) is 6.49. The van der Waals surface area contributed by atoms with Gasteiger partial charge in [-0.1, -0.05) is 19.1 Å². The molecule has 1 aromatic heterocycles. The third-order valence-corrected chi connectivity index (χ3v) is 3.56. The summed E-state index contributed by atoms with van der Waals surface area (Å²) in [7, 11) is 0. The molecule has 0 radical (unpaired) electrons. The van der Waals surface area contributed by atoms with E-state index in [1.54, 1.807) is 24.3 Å². The van der Waals surface area contributed by atoms with Crippen molar-refractivity contribution in [1.82, 2.24) is 4.98 Å². The molecule has 94 valence electrons. The second-order valence-corrected chi connectivity index (χ2v) is 5.05. The number of carbonyl (C=O) groups is 1. The lowest BCUT2D eigenvalue weighted by atomic mass is 10.2. The van der Waals surface area contributed by atoms with Crippen LogP contribution >= 0.6 is 11.3 Å².